The van der Waals surface area contributed by atoms with E-state index in [2.05, 4.69) is 4.98 Å². The van der Waals surface area contributed by atoms with Gasteiger partial charge in [0.1, 0.15) is 5.75 Å². The lowest BCUT2D eigenvalue weighted by atomic mass is 10.1. The van der Waals surface area contributed by atoms with E-state index in [1.54, 1.807) is 30.3 Å². The van der Waals surface area contributed by atoms with E-state index >= 15 is 0 Å². The van der Waals surface area contributed by atoms with Crippen molar-refractivity contribution in [3.8, 4) is 11.6 Å². The zero-order valence-corrected chi connectivity index (χ0v) is 10.4. The number of para-hydroxylation sites is 1. The van der Waals surface area contributed by atoms with E-state index in [0.29, 0.717) is 5.75 Å². The van der Waals surface area contributed by atoms with Crippen LogP contribution in [0, 0.1) is 0 Å². The predicted octanol–water partition coefficient (Wildman–Crippen LogP) is 3.19. The van der Waals surface area contributed by atoms with E-state index in [0.717, 1.165) is 12.3 Å². The third kappa shape index (κ3) is 3.65. The molecule has 21 heavy (non-hydrogen) atoms. The number of Topliss-reactive ketones (excluding diaryl/α,β-unsaturated/α-hetero) is 2. The van der Waals surface area contributed by atoms with Crippen LogP contribution in [0.25, 0.3) is 0 Å². The fourth-order valence-corrected chi connectivity index (χ4v) is 1.44. The Morgan fingerprint density at radius 2 is 1.67 bits per heavy atom. The zero-order valence-electron chi connectivity index (χ0n) is 10.4. The minimum Gasteiger partial charge on any atom is -0.439 e. The largest absolute Gasteiger partial charge is 0.458 e. The van der Waals surface area contributed by atoms with Crippen LogP contribution in [-0.2, 0) is 4.79 Å². The van der Waals surface area contributed by atoms with E-state index in [9.17, 15) is 22.8 Å². The molecule has 2 aromatic rings. The number of aromatic nitrogens is 1. The topological polar surface area (TPSA) is 56.3 Å². The fraction of sp³-hybridized carbons (Fsp3) is 0.0714. The van der Waals surface area contributed by atoms with Crippen LogP contribution in [0.2, 0.25) is 0 Å². The van der Waals surface area contributed by atoms with Gasteiger partial charge < -0.3 is 4.74 Å². The summed E-state index contributed by atoms with van der Waals surface area (Å²) in [6.45, 7) is 0. The number of nitrogens with zero attached hydrogens (tertiary/aromatic N) is 1. The first kappa shape index (κ1) is 14.7. The molecular weight excluding hydrogens is 287 g/mol. The lowest BCUT2D eigenvalue weighted by molar-refractivity contribution is -0.165. The molecule has 0 aliphatic carbocycles. The van der Waals surface area contributed by atoms with Crippen molar-refractivity contribution in [1.29, 1.82) is 0 Å². The second-order valence-corrected chi connectivity index (χ2v) is 3.96. The van der Waals surface area contributed by atoms with Gasteiger partial charge in [-0.1, -0.05) is 18.2 Å². The van der Waals surface area contributed by atoms with Gasteiger partial charge in [-0.2, -0.15) is 13.2 Å². The first-order chi connectivity index (χ1) is 9.88. The highest BCUT2D eigenvalue weighted by Gasteiger charge is 2.43. The number of halogens is 3. The summed E-state index contributed by atoms with van der Waals surface area (Å²) in [6.07, 6.45) is -4.33. The Kier molecular flexibility index (Phi) is 4.02. The van der Waals surface area contributed by atoms with Crippen molar-refractivity contribution in [2.75, 3.05) is 0 Å². The van der Waals surface area contributed by atoms with Crippen LogP contribution < -0.4 is 4.74 Å². The summed E-state index contributed by atoms with van der Waals surface area (Å²) in [4.78, 5) is 25.8. The SMILES string of the molecule is O=C(C(=O)C(F)(F)F)c1ccc(Oc2ccccc2)nc1. The molecule has 7 heteroatoms. The number of alkyl halides is 3. The first-order valence-corrected chi connectivity index (χ1v) is 5.73. The maximum Gasteiger partial charge on any atom is 0.458 e. The monoisotopic (exact) mass is 295 g/mol. The lowest BCUT2D eigenvalue weighted by Gasteiger charge is -2.06. The molecule has 4 nitrogen and oxygen atoms in total. The van der Waals surface area contributed by atoms with Crippen LogP contribution >= 0.6 is 0 Å². The summed E-state index contributed by atoms with van der Waals surface area (Å²) < 4.78 is 41.7. The number of carbonyl (C=O) groups excluding carboxylic acids is 2. The Bertz CT molecular complexity index is 651. The van der Waals surface area contributed by atoms with Gasteiger partial charge in [-0.25, -0.2) is 4.98 Å². The Balaban J connectivity index is 2.12. The molecule has 0 unspecified atom stereocenters. The molecule has 0 aliphatic heterocycles. The molecule has 0 atom stereocenters. The highest BCUT2D eigenvalue weighted by Crippen LogP contribution is 2.21. The molecule has 0 N–H and O–H groups in total. The van der Waals surface area contributed by atoms with E-state index < -0.39 is 23.3 Å². The van der Waals surface area contributed by atoms with E-state index in [4.69, 9.17) is 4.74 Å². The highest BCUT2D eigenvalue weighted by atomic mass is 19.4. The van der Waals surface area contributed by atoms with E-state index in [1.807, 2.05) is 0 Å². The van der Waals surface area contributed by atoms with Gasteiger partial charge in [-0.15, -0.1) is 0 Å². The van der Waals surface area contributed by atoms with Gasteiger partial charge in [0.15, 0.2) is 0 Å². The Morgan fingerprint density at radius 1 is 1.00 bits per heavy atom. The van der Waals surface area contributed by atoms with Crippen LogP contribution in [-0.4, -0.2) is 22.7 Å². The first-order valence-electron chi connectivity index (χ1n) is 5.73. The third-order valence-electron chi connectivity index (χ3n) is 2.43. The minimum atomic E-state index is -5.20. The maximum atomic E-state index is 12.1. The van der Waals surface area contributed by atoms with Crippen LogP contribution in [0.1, 0.15) is 10.4 Å². The summed E-state index contributed by atoms with van der Waals surface area (Å²) in [5, 5.41) is 0. The molecule has 1 aromatic heterocycles. The van der Waals surface area contributed by atoms with Gasteiger partial charge >= 0.3 is 12.0 Å². The molecule has 0 saturated carbocycles. The summed E-state index contributed by atoms with van der Waals surface area (Å²) in [5.74, 6) is -3.50. The number of ketones is 2. The average Bonchev–Trinajstić information content (AvgIpc) is 2.46. The lowest BCUT2D eigenvalue weighted by Crippen LogP contribution is -2.30. The normalized spacial score (nSPS) is 11.0. The van der Waals surface area contributed by atoms with Crippen molar-refractivity contribution in [3.05, 3.63) is 54.2 Å². The second-order valence-electron chi connectivity index (χ2n) is 3.96. The van der Waals surface area contributed by atoms with Crippen LogP contribution in [0.15, 0.2) is 48.7 Å². The van der Waals surface area contributed by atoms with Crippen molar-refractivity contribution < 1.29 is 27.5 Å². The van der Waals surface area contributed by atoms with Crippen molar-refractivity contribution in [1.82, 2.24) is 4.98 Å². The molecule has 1 aromatic carbocycles. The molecule has 0 radical (unpaired) electrons. The third-order valence-corrected chi connectivity index (χ3v) is 2.43. The van der Waals surface area contributed by atoms with Gasteiger partial charge in [0.25, 0.3) is 0 Å². The number of carbonyl (C=O) groups is 2. The Morgan fingerprint density at radius 3 is 2.19 bits per heavy atom. The summed E-state index contributed by atoms with van der Waals surface area (Å²) in [6, 6.07) is 10.8. The predicted molar refractivity (Wildman–Crippen MR) is 66.1 cm³/mol. The number of ether oxygens (including phenoxy) is 1. The molecule has 0 aliphatic rings. The van der Waals surface area contributed by atoms with Gasteiger partial charge in [0, 0.05) is 17.8 Å². The minimum absolute atomic E-state index is 0.0946. The van der Waals surface area contributed by atoms with Crippen molar-refractivity contribution in [2.45, 2.75) is 6.18 Å². The van der Waals surface area contributed by atoms with Crippen LogP contribution in [0.5, 0.6) is 11.6 Å². The molecule has 108 valence electrons. The fourth-order valence-electron chi connectivity index (χ4n) is 1.44. The standard InChI is InChI=1S/C14H8F3NO3/c15-14(16,17)13(20)12(19)9-6-7-11(18-8-9)21-10-4-2-1-3-5-10/h1-8H. The zero-order chi connectivity index (χ0) is 15.5. The summed E-state index contributed by atoms with van der Waals surface area (Å²) in [5.41, 5.74) is -0.447. The quantitative estimate of drug-likeness (QED) is 0.642. The second kappa shape index (κ2) is 5.74. The Hall–Kier alpha value is -2.70. The molecule has 0 fully saturated rings. The molecule has 0 spiro atoms. The van der Waals surface area contributed by atoms with Gasteiger partial charge in [0.2, 0.25) is 11.7 Å². The average molecular weight is 295 g/mol. The van der Waals surface area contributed by atoms with Crippen molar-refractivity contribution >= 4 is 11.6 Å². The van der Waals surface area contributed by atoms with Crippen molar-refractivity contribution in [3.63, 3.8) is 0 Å². The van der Waals surface area contributed by atoms with Gasteiger partial charge in [0.05, 0.1) is 0 Å². The summed E-state index contributed by atoms with van der Waals surface area (Å²) >= 11 is 0. The highest BCUT2D eigenvalue weighted by molar-refractivity contribution is 6.45. The molecule has 0 bridgehead atoms. The number of hydrogen-bond acceptors (Lipinski definition) is 4. The van der Waals surface area contributed by atoms with Crippen LogP contribution in [0.3, 0.4) is 0 Å². The molecule has 1 heterocycles. The Labute approximate surface area is 117 Å². The number of benzene rings is 1. The summed E-state index contributed by atoms with van der Waals surface area (Å²) in [7, 11) is 0. The number of pyridine rings is 1. The van der Waals surface area contributed by atoms with Crippen molar-refractivity contribution in [2.24, 2.45) is 0 Å². The molecular formula is C14H8F3NO3. The number of hydrogen-bond donors (Lipinski definition) is 0. The van der Waals surface area contributed by atoms with Gasteiger partial charge in [-0.05, 0) is 18.2 Å². The van der Waals surface area contributed by atoms with E-state index in [-0.39, 0.29) is 5.88 Å². The molecule has 0 saturated heterocycles. The molecule has 2 rings (SSSR count). The maximum absolute atomic E-state index is 12.1. The smallest absolute Gasteiger partial charge is 0.439 e. The molecule has 0 amide bonds. The van der Waals surface area contributed by atoms with E-state index in [1.165, 1.54) is 6.07 Å². The van der Waals surface area contributed by atoms with Crippen LogP contribution in [0.4, 0.5) is 13.2 Å². The van der Waals surface area contributed by atoms with Gasteiger partial charge in [-0.3, -0.25) is 9.59 Å². The number of rotatable bonds is 4.